The molecule has 0 amide bonds. The minimum atomic E-state index is -3.28. The Morgan fingerprint density at radius 1 is 0.882 bits per heavy atom. The van der Waals surface area contributed by atoms with Gasteiger partial charge in [-0.3, -0.25) is 4.18 Å². The zero-order chi connectivity index (χ0) is 12.6. The van der Waals surface area contributed by atoms with Crippen molar-refractivity contribution in [1.29, 1.82) is 0 Å². The van der Waals surface area contributed by atoms with Gasteiger partial charge < -0.3 is 0 Å². The molecule has 0 radical (unpaired) electrons. The fraction of sp³-hybridized carbons (Fsp3) is 1.00. The Hall–Kier alpha value is -0.0900. The highest BCUT2D eigenvalue weighted by atomic mass is 32.2. The lowest BCUT2D eigenvalue weighted by atomic mass is 10.1. The number of hydrogen-bond donors (Lipinski definition) is 0. The first kappa shape index (κ1) is 15.0. The summed E-state index contributed by atoms with van der Waals surface area (Å²) >= 11 is 0. The molecule has 3 nitrogen and oxygen atoms in total. The largest absolute Gasteiger partial charge is 0.267 e. The predicted octanol–water partition coefficient (Wildman–Crippen LogP) is 3.64. The van der Waals surface area contributed by atoms with Crippen molar-refractivity contribution in [2.45, 2.75) is 77.2 Å². The summed E-state index contributed by atoms with van der Waals surface area (Å²) in [7, 11) is -3.28. The Morgan fingerprint density at radius 3 is 1.71 bits per heavy atom. The van der Waals surface area contributed by atoms with E-state index in [2.05, 4.69) is 0 Å². The first-order valence-corrected chi connectivity index (χ1v) is 8.63. The third kappa shape index (κ3) is 7.04. The molecule has 0 unspecified atom stereocenters. The minimum Gasteiger partial charge on any atom is -0.267 e. The normalized spacial score (nSPS) is 21.9. The van der Waals surface area contributed by atoms with Crippen LogP contribution in [0, 0.1) is 0 Å². The van der Waals surface area contributed by atoms with Gasteiger partial charge in [0.25, 0.3) is 10.1 Å². The van der Waals surface area contributed by atoms with E-state index in [0.717, 1.165) is 25.7 Å². The molecular weight excluding hydrogens is 236 g/mol. The van der Waals surface area contributed by atoms with Crippen molar-refractivity contribution in [1.82, 2.24) is 0 Å². The maximum Gasteiger partial charge on any atom is 0.267 e. The smallest absolute Gasteiger partial charge is 0.267 e. The second kappa shape index (κ2) is 8.09. The Kier molecular flexibility index (Phi) is 7.12. The molecule has 102 valence electrons. The van der Waals surface area contributed by atoms with Gasteiger partial charge in [0.15, 0.2) is 0 Å². The fourth-order valence-corrected chi connectivity index (χ4v) is 3.06. The minimum absolute atomic E-state index is 0.0713. The molecule has 17 heavy (non-hydrogen) atoms. The summed E-state index contributed by atoms with van der Waals surface area (Å²) in [4.78, 5) is 0. The first-order chi connectivity index (χ1) is 8.14. The van der Waals surface area contributed by atoms with Crippen LogP contribution in [0.15, 0.2) is 0 Å². The molecule has 0 aromatic rings. The molecule has 1 aliphatic carbocycles. The van der Waals surface area contributed by atoms with Gasteiger partial charge in [0.1, 0.15) is 0 Å². The fourth-order valence-electron chi connectivity index (χ4n) is 2.32. The van der Waals surface area contributed by atoms with E-state index in [1.54, 1.807) is 6.92 Å². The molecule has 0 aromatic heterocycles. The molecule has 0 aromatic carbocycles. The summed E-state index contributed by atoms with van der Waals surface area (Å²) in [6.07, 6.45) is 11.6. The van der Waals surface area contributed by atoms with Crippen molar-refractivity contribution >= 4 is 10.1 Å². The van der Waals surface area contributed by atoms with Gasteiger partial charge in [-0.2, -0.15) is 8.42 Å². The highest BCUT2D eigenvalue weighted by Crippen LogP contribution is 2.20. The lowest BCUT2D eigenvalue weighted by Gasteiger charge is -2.16. The SMILES string of the molecule is CCS(=O)(=O)OC1CCCCCCCCCC1. The molecule has 0 heterocycles. The lowest BCUT2D eigenvalue weighted by molar-refractivity contribution is 0.181. The van der Waals surface area contributed by atoms with E-state index >= 15 is 0 Å². The molecule has 0 saturated heterocycles. The van der Waals surface area contributed by atoms with Crippen LogP contribution in [0.25, 0.3) is 0 Å². The molecule has 0 bridgehead atoms. The predicted molar refractivity (Wildman–Crippen MR) is 70.5 cm³/mol. The van der Waals surface area contributed by atoms with Gasteiger partial charge in [-0.15, -0.1) is 0 Å². The molecule has 0 spiro atoms. The third-order valence-electron chi connectivity index (χ3n) is 3.44. The van der Waals surface area contributed by atoms with E-state index < -0.39 is 10.1 Å². The third-order valence-corrected chi connectivity index (χ3v) is 4.71. The van der Waals surface area contributed by atoms with Gasteiger partial charge in [0.2, 0.25) is 0 Å². The summed E-state index contributed by atoms with van der Waals surface area (Å²) in [5.41, 5.74) is 0. The van der Waals surface area contributed by atoms with E-state index in [1.165, 1.54) is 38.5 Å². The quantitative estimate of drug-likeness (QED) is 0.729. The lowest BCUT2D eigenvalue weighted by Crippen LogP contribution is -2.20. The second-order valence-electron chi connectivity index (χ2n) is 4.97. The van der Waals surface area contributed by atoms with Crippen molar-refractivity contribution in [2.24, 2.45) is 0 Å². The van der Waals surface area contributed by atoms with Crippen LogP contribution in [0.3, 0.4) is 0 Å². The van der Waals surface area contributed by atoms with E-state index in [4.69, 9.17) is 4.18 Å². The summed E-state index contributed by atoms with van der Waals surface area (Å²) in [5, 5.41) is 0. The van der Waals surface area contributed by atoms with Gasteiger partial charge >= 0.3 is 0 Å². The molecule has 0 atom stereocenters. The molecule has 1 rings (SSSR count). The molecule has 1 saturated carbocycles. The Balaban J connectivity index is 2.42. The first-order valence-electron chi connectivity index (χ1n) is 7.05. The average Bonchev–Trinajstić information content (AvgIpc) is 2.35. The maximum atomic E-state index is 11.5. The van der Waals surface area contributed by atoms with Crippen LogP contribution in [0.1, 0.15) is 71.1 Å². The second-order valence-corrected chi connectivity index (χ2v) is 6.86. The number of hydrogen-bond acceptors (Lipinski definition) is 3. The Bertz CT molecular complexity index is 273. The van der Waals surface area contributed by atoms with Crippen LogP contribution in [0.5, 0.6) is 0 Å². The van der Waals surface area contributed by atoms with Crippen molar-refractivity contribution < 1.29 is 12.6 Å². The van der Waals surface area contributed by atoms with Crippen molar-refractivity contribution in [3.8, 4) is 0 Å². The zero-order valence-corrected chi connectivity index (χ0v) is 11.8. The van der Waals surface area contributed by atoms with Crippen molar-refractivity contribution in [3.05, 3.63) is 0 Å². The van der Waals surface area contributed by atoms with Crippen LogP contribution in [-0.2, 0) is 14.3 Å². The van der Waals surface area contributed by atoms with Gasteiger partial charge in [0, 0.05) is 0 Å². The standard InChI is InChI=1S/C13H26O3S/c1-2-17(14,15)16-13-11-9-7-5-3-4-6-8-10-12-13/h13H,2-12H2,1H3. The summed E-state index contributed by atoms with van der Waals surface area (Å²) in [6, 6.07) is 0. The average molecular weight is 262 g/mol. The molecular formula is C13H26O3S. The van der Waals surface area contributed by atoms with Gasteiger partial charge in [-0.05, 0) is 19.8 Å². The molecule has 1 fully saturated rings. The van der Waals surface area contributed by atoms with Crippen molar-refractivity contribution in [3.63, 3.8) is 0 Å². The van der Waals surface area contributed by atoms with Crippen LogP contribution in [0.2, 0.25) is 0 Å². The van der Waals surface area contributed by atoms with Crippen molar-refractivity contribution in [2.75, 3.05) is 5.75 Å². The highest BCUT2D eigenvalue weighted by Gasteiger charge is 2.17. The summed E-state index contributed by atoms with van der Waals surface area (Å²) in [6.45, 7) is 1.64. The highest BCUT2D eigenvalue weighted by molar-refractivity contribution is 7.86. The monoisotopic (exact) mass is 262 g/mol. The van der Waals surface area contributed by atoms with Crippen LogP contribution >= 0.6 is 0 Å². The Morgan fingerprint density at radius 2 is 1.29 bits per heavy atom. The molecule has 0 aliphatic heterocycles. The maximum absolute atomic E-state index is 11.5. The summed E-state index contributed by atoms with van der Waals surface area (Å²) in [5.74, 6) is 0.0868. The zero-order valence-electron chi connectivity index (χ0n) is 11.0. The number of rotatable bonds is 3. The topological polar surface area (TPSA) is 43.4 Å². The molecule has 1 aliphatic rings. The van der Waals surface area contributed by atoms with E-state index in [-0.39, 0.29) is 11.9 Å². The van der Waals surface area contributed by atoms with Gasteiger partial charge in [0.05, 0.1) is 11.9 Å². The van der Waals surface area contributed by atoms with E-state index in [9.17, 15) is 8.42 Å². The summed E-state index contributed by atoms with van der Waals surface area (Å²) < 4.78 is 28.2. The van der Waals surface area contributed by atoms with Crippen LogP contribution in [-0.4, -0.2) is 20.3 Å². The molecule has 4 heteroatoms. The van der Waals surface area contributed by atoms with E-state index in [1.807, 2.05) is 0 Å². The Labute approximate surface area is 106 Å². The van der Waals surface area contributed by atoms with Crippen LogP contribution < -0.4 is 0 Å². The van der Waals surface area contributed by atoms with Crippen LogP contribution in [0.4, 0.5) is 0 Å². The van der Waals surface area contributed by atoms with Gasteiger partial charge in [-0.25, -0.2) is 0 Å². The van der Waals surface area contributed by atoms with E-state index in [0.29, 0.717) is 0 Å². The molecule has 0 N–H and O–H groups in total. The van der Waals surface area contributed by atoms with Gasteiger partial charge in [-0.1, -0.05) is 51.4 Å².